The van der Waals surface area contributed by atoms with E-state index in [4.69, 9.17) is 10.5 Å². The first-order valence-electron chi connectivity index (χ1n) is 7.02. The Hall–Kier alpha value is -1.59. The molecule has 1 unspecified atom stereocenters. The average molecular weight is 306 g/mol. The minimum absolute atomic E-state index is 0.0196. The number of carbonyl (C=O) groups is 1. The highest BCUT2D eigenvalue weighted by molar-refractivity contribution is 7.21. The van der Waals surface area contributed by atoms with E-state index < -0.39 is 0 Å². The number of fused-ring (bicyclic) bond motifs is 1. The van der Waals surface area contributed by atoms with E-state index in [1.165, 1.54) is 11.3 Å². The highest BCUT2D eigenvalue weighted by Crippen LogP contribution is 2.34. The van der Waals surface area contributed by atoms with Crippen LogP contribution in [0.2, 0.25) is 0 Å². The molecule has 4 nitrogen and oxygen atoms in total. The molecule has 114 valence electrons. The Labute approximate surface area is 129 Å². The Morgan fingerprint density at radius 2 is 2.14 bits per heavy atom. The molecule has 0 bridgehead atoms. The van der Waals surface area contributed by atoms with Crippen molar-refractivity contribution in [3.05, 3.63) is 28.6 Å². The minimum atomic E-state index is -0.123. The Balaban J connectivity index is 2.29. The smallest absolute Gasteiger partial charge is 0.263 e. The molecule has 1 heterocycles. The van der Waals surface area contributed by atoms with Gasteiger partial charge in [-0.2, -0.15) is 0 Å². The van der Waals surface area contributed by atoms with Crippen LogP contribution in [0.25, 0.3) is 10.1 Å². The lowest BCUT2D eigenvalue weighted by atomic mass is 10.1. The lowest BCUT2D eigenvalue weighted by molar-refractivity contribution is 0.0871. The fraction of sp³-hybridized carbons (Fsp3) is 0.438. The van der Waals surface area contributed by atoms with Crippen molar-refractivity contribution in [3.8, 4) is 0 Å². The maximum absolute atomic E-state index is 12.5. The average Bonchev–Trinajstić information content (AvgIpc) is 2.75. The van der Waals surface area contributed by atoms with Gasteiger partial charge in [0.25, 0.3) is 5.91 Å². The van der Waals surface area contributed by atoms with Crippen LogP contribution in [-0.4, -0.2) is 25.7 Å². The first-order chi connectivity index (χ1) is 9.93. The van der Waals surface area contributed by atoms with Crippen LogP contribution in [0.4, 0.5) is 5.69 Å². The summed E-state index contributed by atoms with van der Waals surface area (Å²) in [6, 6.07) is 6.04. The molecule has 21 heavy (non-hydrogen) atoms. The summed E-state index contributed by atoms with van der Waals surface area (Å²) in [6.45, 7) is 6.63. The number of benzene rings is 1. The molecule has 1 atom stereocenters. The zero-order chi connectivity index (χ0) is 15.6. The number of nitrogens with two attached hydrogens (primary N) is 1. The molecular weight excluding hydrogens is 284 g/mol. The quantitative estimate of drug-likeness (QED) is 0.891. The topological polar surface area (TPSA) is 64.3 Å². The summed E-state index contributed by atoms with van der Waals surface area (Å²) in [5, 5.41) is 3.97. The van der Waals surface area contributed by atoms with Crippen molar-refractivity contribution >= 4 is 33.0 Å². The van der Waals surface area contributed by atoms with Crippen LogP contribution in [0.15, 0.2) is 18.2 Å². The van der Waals surface area contributed by atoms with Crippen LogP contribution in [0, 0.1) is 12.8 Å². The van der Waals surface area contributed by atoms with Gasteiger partial charge in [-0.3, -0.25) is 4.79 Å². The van der Waals surface area contributed by atoms with Gasteiger partial charge in [-0.05, 0) is 25.0 Å². The number of nitrogens with one attached hydrogen (secondary N) is 1. The van der Waals surface area contributed by atoms with Crippen LogP contribution >= 0.6 is 11.3 Å². The van der Waals surface area contributed by atoms with E-state index in [0.717, 1.165) is 15.6 Å². The molecule has 0 radical (unpaired) electrons. The number of carbonyl (C=O) groups excluding carboxylic acids is 1. The van der Waals surface area contributed by atoms with Crippen molar-refractivity contribution in [2.45, 2.75) is 26.8 Å². The zero-order valence-corrected chi connectivity index (χ0v) is 13.7. The van der Waals surface area contributed by atoms with Crippen LogP contribution in [0.1, 0.15) is 29.1 Å². The van der Waals surface area contributed by atoms with Crippen LogP contribution in [0.3, 0.4) is 0 Å². The lowest BCUT2D eigenvalue weighted by Crippen LogP contribution is -2.41. The summed E-state index contributed by atoms with van der Waals surface area (Å²) in [5.41, 5.74) is 7.86. The molecule has 2 aromatic rings. The molecule has 0 fully saturated rings. The minimum Gasteiger partial charge on any atom is -0.397 e. The van der Waals surface area contributed by atoms with Crippen molar-refractivity contribution in [2.75, 3.05) is 19.5 Å². The van der Waals surface area contributed by atoms with Crippen LogP contribution in [0.5, 0.6) is 0 Å². The number of thiophene rings is 1. The Morgan fingerprint density at radius 1 is 1.43 bits per heavy atom. The number of nitrogen functional groups attached to an aromatic ring is 1. The predicted octanol–water partition coefficient (Wildman–Crippen LogP) is 3.19. The third-order valence-electron chi connectivity index (χ3n) is 3.56. The Kier molecular flexibility index (Phi) is 4.85. The highest BCUT2D eigenvalue weighted by atomic mass is 32.1. The summed E-state index contributed by atoms with van der Waals surface area (Å²) in [5.74, 6) is 0.175. The van der Waals surface area contributed by atoms with Gasteiger partial charge in [0.2, 0.25) is 0 Å². The van der Waals surface area contributed by atoms with Gasteiger partial charge in [0, 0.05) is 17.2 Å². The van der Waals surface area contributed by atoms with Gasteiger partial charge in [0.1, 0.15) is 4.88 Å². The molecule has 5 heteroatoms. The maximum atomic E-state index is 12.5. The summed E-state index contributed by atoms with van der Waals surface area (Å²) in [7, 11) is 1.64. The highest BCUT2D eigenvalue weighted by Gasteiger charge is 2.21. The van der Waals surface area contributed by atoms with Crippen molar-refractivity contribution < 1.29 is 9.53 Å². The fourth-order valence-corrected chi connectivity index (χ4v) is 3.22. The number of ether oxygens (including phenoxy) is 1. The second-order valence-electron chi connectivity index (χ2n) is 5.62. The van der Waals surface area contributed by atoms with Crippen molar-refractivity contribution in [1.82, 2.24) is 5.32 Å². The van der Waals surface area contributed by atoms with E-state index in [0.29, 0.717) is 23.1 Å². The second-order valence-corrected chi connectivity index (χ2v) is 6.68. The van der Waals surface area contributed by atoms with Crippen LogP contribution < -0.4 is 11.1 Å². The number of methoxy groups -OCH3 is 1. The molecule has 1 aromatic carbocycles. The normalized spacial score (nSPS) is 12.8. The van der Waals surface area contributed by atoms with Gasteiger partial charge in [0.15, 0.2) is 0 Å². The van der Waals surface area contributed by atoms with Gasteiger partial charge in [-0.15, -0.1) is 11.3 Å². The number of rotatable bonds is 5. The first-order valence-corrected chi connectivity index (χ1v) is 7.84. The van der Waals surface area contributed by atoms with Crippen molar-refractivity contribution in [2.24, 2.45) is 5.92 Å². The van der Waals surface area contributed by atoms with E-state index in [-0.39, 0.29) is 11.9 Å². The third-order valence-corrected chi connectivity index (χ3v) is 4.74. The maximum Gasteiger partial charge on any atom is 0.263 e. The molecule has 0 aliphatic rings. The third kappa shape index (κ3) is 3.36. The Bertz CT molecular complexity index is 649. The zero-order valence-electron chi connectivity index (χ0n) is 12.9. The number of anilines is 1. The van der Waals surface area contributed by atoms with Gasteiger partial charge in [0.05, 0.1) is 18.3 Å². The largest absolute Gasteiger partial charge is 0.397 e. The molecule has 0 spiro atoms. The fourth-order valence-electron chi connectivity index (χ4n) is 2.21. The Morgan fingerprint density at radius 3 is 2.76 bits per heavy atom. The van der Waals surface area contributed by atoms with Crippen molar-refractivity contribution in [1.29, 1.82) is 0 Å². The number of hydrogen-bond donors (Lipinski definition) is 2. The monoisotopic (exact) mass is 306 g/mol. The molecule has 1 amide bonds. The molecule has 0 aliphatic carbocycles. The van der Waals surface area contributed by atoms with Gasteiger partial charge in [-0.25, -0.2) is 0 Å². The molecule has 0 aliphatic heterocycles. The molecule has 3 N–H and O–H groups in total. The van der Waals surface area contributed by atoms with E-state index >= 15 is 0 Å². The molecule has 0 saturated carbocycles. The number of hydrogen-bond acceptors (Lipinski definition) is 4. The predicted molar refractivity (Wildman–Crippen MR) is 88.9 cm³/mol. The van der Waals surface area contributed by atoms with E-state index in [1.54, 1.807) is 7.11 Å². The standard InChI is InChI=1S/C16H22N2O2S/c1-9(2)12(8-20-4)18-16(19)15-14(17)11-7-10(3)5-6-13(11)21-15/h5-7,9,12H,8,17H2,1-4H3,(H,18,19). The van der Waals surface area contributed by atoms with Gasteiger partial charge < -0.3 is 15.8 Å². The molecule has 0 saturated heterocycles. The van der Waals surface area contributed by atoms with E-state index in [1.807, 2.05) is 25.1 Å². The first kappa shape index (κ1) is 15.8. The lowest BCUT2D eigenvalue weighted by Gasteiger charge is -2.21. The van der Waals surface area contributed by atoms with Crippen LogP contribution in [-0.2, 0) is 4.74 Å². The van der Waals surface area contributed by atoms with E-state index in [9.17, 15) is 4.79 Å². The second kappa shape index (κ2) is 6.45. The molecular formula is C16H22N2O2S. The molecule has 2 rings (SSSR count). The van der Waals surface area contributed by atoms with Gasteiger partial charge >= 0.3 is 0 Å². The summed E-state index contributed by atoms with van der Waals surface area (Å²) < 4.78 is 6.20. The summed E-state index contributed by atoms with van der Waals surface area (Å²) in [4.78, 5) is 13.1. The van der Waals surface area contributed by atoms with E-state index in [2.05, 4.69) is 19.2 Å². The summed E-state index contributed by atoms with van der Waals surface area (Å²) in [6.07, 6.45) is 0. The number of aryl methyl sites for hydroxylation is 1. The summed E-state index contributed by atoms with van der Waals surface area (Å²) >= 11 is 1.43. The van der Waals surface area contributed by atoms with Gasteiger partial charge in [-0.1, -0.05) is 25.5 Å². The van der Waals surface area contributed by atoms with Crippen molar-refractivity contribution in [3.63, 3.8) is 0 Å². The SMILES string of the molecule is COCC(NC(=O)c1sc2ccc(C)cc2c1N)C(C)C. The number of amides is 1. The molecule has 1 aromatic heterocycles.